The van der Waals surface area contributed by atoms with Gasteiger partial charge >= 0.3 is 0 Å². The molecule has 82 valence electrons. The molecule has 0 amide bonds. The third kappa shape index (κ3) is 1.76. The molecule has 0 spiro atoms. The van der Waals surface area contributed by atoms with Gasteiger partial charge in [-0.05, 0) is 48.7 Å². The highest BCUT2D eigenvalue weighted by Gasteiger charge is 2.10. The number of anilines is 1. The zero-order valence-corrected chi connectivity index (χ0v) is 9.29. The van der Waals surface area contributed by atoms with Gasteiger partial charge in [0.2, 0.25) is 0 Å². The minimum Gasteiger partial charge on any atom is -0.398 e. The molecule has 2 nitrogen and oxygen atoms in total. The molecule has 2 aromatic rings. The average Bonchev–Trinajstić information content (AvgIpc) is 2.19. The highest BCUT2D eigenvalue weighted by molar-refractivity contribution is 5.79. The summed E-state index contributed by atoms with van der Waals surface area (Å²) in [5.74, 6) is -0.221. The Morgan fingerprint density at radius 1 is 1.19 bits per heavy atom. The number of aryl methyl sites for hydroxylation is 2. The quantitative estimate of drug-likeness (QED) is 0.795. The van der Waals surface area contributed by atoms with Gasteiger partial charge in [0, 0.05) is 23.6 Å². The Bertz CT molecular complexity index is 512. The lowest BCUT2D eigenvalue weighted by molar-refractivity contribution is 0.625. The van der Waals surface area contributed by atoms with E-state index in [9.17, 15) is 4.39 Å². The number of halogens is 1. The first-order chi connectivity index (χ1) is 7.59. The van der Waals surface area contributed by atoms with Crippen LogP contribution in [0.5, 0.6) is 0 Å². The van der Waals surface area contributed by atoms with Crippen molar-refractivity contribution in [2.24, 2.45) is 0 Å². The molecule has 1 aromatic carbocycles. The van der Waals surface area contributed by atoms with Crippen LogP contribution in [0.15, 0.2) is 30.6 Å². The molecule has 0 unspecified atom stereocenters. The van der Waals surface area contributed by atoms with Gasteiger partial charge in [-0.15, -0.1) is 0 Å². The molecule has 0 saturated heterocycles. The average molecular weight is 216 g/mol. The molecule has 0 aliphatic carbocycles. The van der Waals surface area contributed by atoms with Crippen molar-refractivity contribution < 1.29 is 4.39 Å². The van der Waals surface area contributed by atoms with E-state index in [1.807, 2.05) is 13.8 Å². The first-order valence-corrected chi connectivity index (χ1v) is 5.06. The smallest absolute Gasteiger partial charge is 0.123 e. The van der Waals surface area contributed by atoms with E-state index in [1.165, 1.54) is 12.1 Å². The zero-order chi connectivity index (χ0) is 11.7. The summed E-state index contributed by atoms with van der Waals surface area (Å²) in [6, 6.07) is 4.76. The Hall–Kier alpha value is -1.90. The Kier molecular flexibility index (Phi) is 2.60. The van der Waals surface area contributed by atoms with Crippen LogP contribution < -0.4 is 5.73 Å². The van der Waals surface area contributed by atoms with E-state index in [4.69, 9.17) is 5.73 Å². The Morgan fingerprint density at radius 3 is 2.38 bits per heavy atom. The van der Waals surface area contributed by atoms with Crippen LogP contribution in [0, 0.1) is 19.7 Å². The summed E-state index contributed by atoms with van der Waals surface area (Å²) >= 11 is 0. The molecule has 0 aliphatic rings. The number of aromatic nitrogens is 1. The number of nitrogens with zero attached hydrogens (tertiary/aromatic N) is 1. The van der Waals surface area contributed by atoms with Crippen LogP contribution in [-0.2, 0) is 0 Å². The van der Waals surface area contributed by atoms with Crippen LogP contribution in [0.2, 0.25) is 0 Å². The molecule has 1 aromatic heterocycles. The van der Waals surface area contributed by atoms with Crippen LogP contribution in [0.4, 0.5) is 10.1 Å². The van der Waals surface area contributed by atoms with Crippen molar-refractivity contribution in [3.63, 3.8) is 0 Å². The molecule has 0 atom stereocenters. The Balaban J connectivity index is 2.70. The molecule has 3 heteroatoms. The van der Waals surface area contributed by atoms with Gasteiger partial charge in [-0.2, -0.15) is 0 Å². The minimum atomic E-state index is -0.221. The molecule has 2 rings (SSSR count). The van der Waals surface area contributed by atoms with Crippen LogP contribution in [0.1, 0.15) is 11.1 Å². The van der Waals surface area contributed by atoms with Crippen molar-refractivity contribution in [3.05, 3.63) is 47.5 Å². The third-order valence-electron chi connectivity index (χ3n) is 2.62. The van der Waals surface area contributed by atoms with Gasteiger partial charge in [0.1, 0.15) is 5.82 Å². The normalized spacial score (nSPS) is 10.4. The molecular weight excluding hydrogens is 203 g/mol. The van der Waals surface area contributed by atoms with Crippen molar-refractivity contribution >= 4 is 5.69 Å². The maximum absolute atomic E-state index is 13.2. The fourth-order valence-electron chi connectivity index (χ4n) is 1.95. The first kappa shape index (κ1) is 10.6. The second-order valence-electron chi connectivity index (χ2n) is 3.88. The Labute approximate surface area is 93.9 Å². The summed E-state index contributed by atoms with van der Waals surface area (Å²) in [5.41, 5.74) is 10.1. The van der Waals surface area contributed by atoms with Gasteiger partial charge in [-0.3, -0.25) is 4.98 Å². The number of hydrogen-bond donors (Lipinski definition) is 1. The van der Waals surface area contributed by atoms with Gasteiger partial charge in [0.15, 0.2) is 0 Å². The lowest BCUT2D eigenvalue weighted by atomic mass is 9.96. The molecule has 0 saturated carbocycles. The van der Waals surface area contributed by atoms with E-state index in [-0.39, 0.29) is 5.82 Å². The molecular formula is C13H13FN2. The van der Waals surface area contributed by atoms with E-state index >= 15 is 0 Å². The summed E-state index contributed by atoms with van der Waals surface area (Å²) in [6.07, 6.45) is 3.36. The summed E-state index contributed by atoms with van der Waals surface area (Å²) in [5, 5.41) is 0. The second kappa shape index (κ2) is 3.93. The standard InChI is InChI=1S/C13H13FN2/c1-8-5-10(14)6-9(2)13(8)11-7-16-4-3-12(11)15/h3-7H,1-2H3,(H2,15,16). The Morgan fingerprint density at radius 2 is 1.81 bits per heavy atom. The monoisotopic (exact) mass is 216 g/mol. The number of nitrogen functional groups attached to an aromatic ring is 1. The summed E-state index contributed by atoms with van der Waals surface area (Å²) in [6.45, 7) is 3.75. The van der Waals surface area contributed by atoms with Crippen molar-refractivity contribution in [1.82, 2.24) is 4.98 Å². The number of pyridine rings is 1. The van der Waals surface area contributed by atoms with Gasteiger partial charge in [0.25, 0.3) is 0 Å². The lowest BCUT2D eigenvalue weighted by Crippen LogP contribution is -1.96. The van der Waals surface area contributed by atoms with E-state index < -0.39 is 0 Å². The zero-order valence-electron chi connectivity index (χ0n) is 9.29. The van der Waals surface area contributed by atoms with Crippen LogP contribution in [0.25, 0.3) is 11.1 Å². The van der Waals surface area contributed by atoms with E-state index in [2.05, 4.69) is 4.98 Å². The third-order valence-corrected chi connectivity index (χ3v) is 2.62. The summed E-state index contributed by atoms with van der Waals surface area (Å²) in [4.78, 5) is 4.05. The van der Waals surface area contributed by atoms with Gasteiger partial charge in [-0.25, -0.2) is 4.39 Å². The SMILES string of the molecule is Cc1cc(F)cc(C)c1-c1cnccc1N. The molecule has 0 aliphatic heterocycles. The van der Waals surface area contributed by atoms with Crippen LogP contribution >= 0.6 is 0 Å². The maximum atomic E-state index is 13.2. The van der Waals surface area contributed by atoms with Crippen molar-refractivity contribution in [2.45, 2.75) is 13.8 Å². The van der Waals surface area contributed by atoms with Crippen molar-refractivity contribution in [1.29, 1.82) is 0 Å². The number of rotatable bonds is 1. The van der Waals surface area contributed by atoms with Crippen LogP contribution in [-0.4, -0.2) is 4.98 Å². The lowest BCUT2D eigenvalue weighted by Gasteiger charge is -2.11. The predicted molar refractivity (Wildman–Crippen MR) is 63.5 cm³/mol. The van der Waals surface area contributed by atoms with E-state index in [0.29, 0.717) is 5.69 Å². The number of hydrogen-bond acceptors (Lipinski definition) is 2. The fraction of sp³-hybridized carbons (Fsp3) is 0.154. The highest BCUT2D eigenvalue weighted by atomic mass is 19.1. The second-order valence-corrected chi connectivity index (χ2v) is 3.88. The largest absolute Gasteiger partial charge is 0.398 e. The summed E-state index contributed by atoms with van der Waals surface area (Å²) < 4.78 is 13.2. The molecule has 0 radical (unpaired) electrons. The van der Waals surface area contributed by atoms with Crippen LogP contribution in [0.3, 0.4) is 0 Å². The number of benzene rings is 1. The molecule has 0 fully saturated rings. The highest BCUT2D eigenvalue weighted by Crippen LogP contribution is 2.31. The van der Waals surface area contributed by atoms with Gasteiger partial charge < -0.3 is 5.73 Å². The van der Waals surface area contributed by atoms with E-state index in [1.54, 1.807) is 18.5 Å². The predicted octanol–water partition coefficient (Wildman–Crippen LogP) is 3.09. The molecule has 1 heterocycles. The first-order valence-electron chi connectivity index (χ1n) is 5.06. The van der Waals surface area contributed by atoms with Crippen molar-refractivity contribution in [2.75, 3.05) is 5.73 Å². The van der Waals surface area contributed by atoms with Crippen molar-refractivity contribution in [3.8, 4) is 11.1 Å². The molecule has 0 bridgehead atoms. The molecule has 2 N–H and O–H groups in total. The summed E-state index contributed by atoms with van der Waals surface area (Å²) in [7, 11) is 0. The topological polar surface area (TPSA) is 38.9 Å². The molecule has 16 heavy (non-hydrogen) atoms. The maximum Gasteiger partial charge on any atom is 0.123 e. The fourth-order valence-corrected chi connectivity index (χ4v) is 1.95. The van der Waals surface area contributed by atoms with Gasteiger partial charge in [0.05, 0.1) is 0 Å². The van der Waals surface area contributed by atoms with E-state index in [0.717, 1.165) is 22.3 Å². The number of nitrogens with two attached hydrogens (primary N) is 1. The minimum absolute atomic E-state index is 0.221. The van der Waals surface area contributed by atoms with Gasteiger partial charge in [-0.1, -0.05) is 0 Å².